The van der Waals surface area contributed by atoms with Crippen molar-refractivity contribution < 1.29 is 9.66 Å². The third-order valence-electron chi connectivity index (χ3n) is 4.80. The number of nitro benzene ring substituents is 1. The van der Waals surface area contributed by atoms with Gasteiger partial charge < -0.3 is 4.74 Å². The summed E-state index contributed by atoms with van der Waals surface area (Å²) < 4.78 is 5.70. The van der Waals surface area contributed by atoms with Gasteiger partial charge in [-0.2, -0.15) is 0 Å². The molecular weight excluding hydrogens is 316 g/mol. The van der Waals surface area contributed by atoms with Crippen LogP contribution in [0.15, 0.2) is 54.6 Å². The Morgan fingerprint density at radius 1 is 1.04 bits per heavy atom. The highest BCUT2D eigenvalue weighted by atomic mass is 16.6. The number of piperidine rings is 1. The summed E-state index contributed by atoms with van der Waals surface area (Å²) in [6, 6.07) is 17.0. The number of ether oxygens (including phenoxy) is 1. The Balaban J connectivity index is 1.36. The van der Waals surface area contributed by atoms with Crippen LogP contribution in [-0.2, 0) is 6.42 Å². The summed E-state index contributed by atoms with van der Waals surface area (Å²) in [6.45, 7) is 3.73. The maximum atomic E-state index is 10.6. The highest BCUT2D eigenvalue weighted by Gasteiger charge is 2.19. The van der Waals surface area contributed by atoms with Gasteiger partial charge >= 0.3 is 0 Å². The van der Waals surface area contributed by atoms with Crippen molar-refractivity contribution in [1.82, 2.24) is 4.90 Å². The first-order valence-corrected chi connectivity index (χ1v) is 8.84. The summed E-state index contributed by atoms with van der Waals surface area (Å²) in [4.78, 5) is 12.7. The van der Waals surface area contributed by atoms with Crippen LogP contribution in [-0.4, -0.2) is 36.1 Å². The molecule has 0 unspecified atom stereocenters. The zero-order valence-electron chi connectivity index (χ0n) is 14.3. The van der Waals surface area contributed by atoms with Crippen LogP contribution in [0.3, 0.4) is 0 Å². The molecule has 0 bridgehead atoms. The van der Waals surface area contributed by atoms with Gasteiger partial charge in [0.1, 0.15) is 12.4 Å². The van der Waals surface area contributed by atoms with Crippen LogP contribution >= 0.6 is 0 Å². The summed E-state index contributed by atoms with van der Waals surface area (Å²) in [5, 5.41) is 10.6. The van der Waals surface area contributed by atoms with Crippen molar-refractivity contribution in [3.05, 3.63) is 70.3 Å². The second kappa shape index (κ2) is 8.62. The van der Waals surface area contributed by atoms with E-state index in [-0.39, 0.29) is 5.69 Å². The smallest absolute Gasteiger partial charge is 0.269 e. The maximum absolute atomic E-state index is 10.6. The largest absolute Gasteiger partial charge is 0.492 e. The lowest BCUT2D eigenvalue weighted by atomic mass is 9.90. The molecule has 2 aromatic rings. The summed E-state index contributed by atoms with van der Waals surface area (Å²) in [7, 11) is 0. The Hall–Kier alpha value is -2.40. The average Bonchev–Trinajstić information content (AvgIpc) is 2.64. The van der Waals surface area contributed by atoms with Gasteiger partial charge in [0.05, 0.1) is 4.92 Å². The number of hydrogen-bond acceptors (Lipinski definition) is 4. The van der Waals surface area contributed by atoms with E-state index in [0.29, 0.717) is 12.4 Å². The topological polar surface area (TPSA) is 55.6 Å². The van der Waals surface area contributed by atoms with Crippen molar-refractivity contribution in [3.8, 4) is 5.75 Å². The van der Waals surface area contributed by atoms with Crippen molar-refractivity contribution in [1.29, 1.82) is 0 Å². The number of hydrogen-bond donors (Lipinski definition) is 0. The van der Waals surface area contributed by atoms with E-state index in [0.717, 1.165) is 25.6 Å². The summed E-state index contributed by atoms with van der Waals surface area (Å²) in [5.74, 6) is 1.46. The van der Waals surface area contributed by atoms with Gasteiger partial charge in [-0.3, -0.25) is 15.0 Å². The van der Waals surface area contributed by atoms with E-state index in [1.165, 1.54) is 37.0 Å². The van der Waals surface area contributed by atoms with Crippen LogP contribution in [0.5, 0.6) is 5.75 Å². The number of non-ortho nitro benzene ring substituents is 1. The molecule has 1 aliphatic rings. The number of benzene rings is 2. The Bertz CT molecular complexity index is 665. The van der Waals surface area contributed by atoms with E-state index in [4.69, 9.17) is 4.74 Å². The van der Waals surface area contributed by atoms with Crippen LogP contribution in [0.25, 0.3) is 0 Å². The molecule has 1 heterocycles. The van der Waals surface area contributed by atoms with Gasteiger partial charge in [0.15, 0.2) is 0 Å². The molecule has 0 spiro atoms. The minimum atomic E-state index is -0.399. The molecule has 5 heteroatoms. The zero-order chi connectivity index (χ0) is 17.5. The van der Waals surface area contributed by atoms with E-state index in [1.54, 1.807) is 12.1 Å². The molecule has 2 aromatic carbocycles. The van der Waals surface area contributed by atoms with Gasteiger partial charge in [-0.1, -0.05) is 30.3 Å². The molecule has 0 aromatic heterocycles. The van der Waals surface area contributed by atoms with Gasteiger partial charge in [0.25, 0.3) is 5.69 Å². The summed E-state index contributed by atoms with van der Waals surface area (Å²) in [5.41, 5.74) is 1.52. The molecule has 1 aliphatic heterocycles. The SMILES string of the molecule is O=[N+]([O-])c1ccc(OCCN2CCC(Cc3ccccc3)CC2)cc1. The van der Waals surface area contributed by atoms with Gasteiger partial charge in [0.2, 0.25) is 0 Å². The standard InChI is InChI=1S/C20H24N2O3/c23-22(24)19-6-8-20(9-7-19)25-15-14-21-12-10-18(11-13-21)16-17-4-2-1-3-5-17/h1-9,18H,10-16H2. The molecule has 0 aliphatic carbocycles. The van der Waals surface area contributed by atoms with Crippen molar-refractivity contribution in [2.24, 2.45) is 5.92 Å². The predicted octanol–water partition coefficient (Wildman–Crippen LogP) is 3.93. The minimum Gasteiger partial charge on any atom is -0.492 e. The number of rotatable bonds is 7. The lowest BCUT2D eigenvalue weighted by molar-refractivity contribution is -0.384. The Kier molecular flexibility index (Phi) is 6.01. The van der Waals surface area contributed by atoms with Crippen LogP contribution in [0.1, 0.15) is 18.4 Å². The zero-order valence-corrected chi connectivity index (χ0v) is 14.3. The van der Waals surface area contributed by atoms with Crippen LogP contribution < -0.4 is 4.74 Å². The van der Waals surface area contributed by atoms with Crippen molar-refractivity contribution in [2.75, 3.05) is 26.2 Å². The molecule has 1 fully saturated rings. The Morgan fingerprint density at radius 2 is 1.72 bits per heavy atom. The first-order chi connectivity index (χ1) is 12.2. The second-order valence-corrected chi connectivity index (χ2v) is 6.57. The van der Waals surface area contributed by atoms with Crippen LogP contribution in [0, 0.1) is 16.0 Å². The number of likely N-dealkylation sites (tertiary alicyclic amines) is 1. The highest BCUT2D eigenvalue weighted by molar-refractivity contribution is 5.35. The molecule has 25 heavy (non-hydrogen) atoms. The number of nitro groups is 1. The minimum absolute atomic E-state index is 0.0906. The molecule has 0 N–H and O–H groups in total. The van der Waals surface area contributed by atoms with Crippen molar-refractivity contribution in [3.63, 3.8) is 0 Å². The first kappa shape index (κ1) is 17.4. The van der Waals surface area contributed by atoms with E-state index in [1.807, 2.05) is 0 Å². The highest BCUT2D eigenvalue weighted by Crippen LogP contribution is 2.22. The van der Waals surface area contributed by atoms with Crippen molar-refractivity contribution in [2.45, 2.75) is 19.3 Å². The first-order valence-electron chi connectivity index (χ1n) is 8.84. The molecule has 132 valence electrons. The molecule has 0 radical (unpaired) electrons. The maximum Gasteiger partial charge on any atom is 0.269 e. The van der Waals surface area contributed by atoms with Gasteiger partial charge in [-0.15, -0.1) is 0 Å². The third kappa shape index (κ3) is 5.29. The van der Waals surface area contributed by atoms with E-state index < -0.39 is 4.92 Å². The van der Waals surface area contributed by atoms with Crippen LogP contribution in [0.4, 0.5) is 5.69 Å². The summed E-state index contributed by atoms with van der Waals surface area (Å²) >= 11 is 0. The summed E-state index contributed by atoms with van der Waals surface area (Å²) in [6.07, 6.45) is 3.63. The monoisotopic (exact) mass is 340 g/mol. The molecule has 3 rings (SSSR count). The molecule has 0 amide bonds. The van der Waals surface area contributed by atoms with E-state index in [2.05, 4.69) is 35.2 Å². The molecule has 1 saturated heterocycles. The fraction of sp³-hybridized carbons (Fsp3) is 0.400. The van der Waals surface area contributed by atoms with Crippen LogP contribution in [0.2, 0.25) is 0 Å². The molecule has 0 saturated carbocycles. The predicted molar refractivity (Wildman–Crippen MR) is 97.9 cm³/mol. The van der Waals surface area contributed by atoms with Crippen molar-refractivity contribution >= 4 is 5.69 Å². The average molecular weight is 340 g/mol. The molecule has 0 atom stereocenters. The normalized spacial score (nSPS) is 15.8. The molecular formula is C20H24N2O3. The van der Waals surface area contributed by atoms with Gasteiger partial charge in [-0.05, 0) is 56.0 Å². The Morgan fingerprint density at radius 3 is 2.36 bits per heavy atom. The lowest BCUT2D eigenvalue weighted by Crippen LogP contribution is -2.36. The fourth-order valence-electron chi connectivity index (χ4n) is 3.32. The molecule has 5 nitrogen and oxygen atoms in total. The lowest BCUT2D eigenvalue weighted by Gasteiger charge is -2.31. The van der Waals surface area contributed by atoms with E-state index in [9.17, 15) is 10.1 Å². The number of nitrogens with zero attached hydrogens (tertiary/aromatic N) is 2. The third-order valence-corrected chi connectivity index (χ3v) is 4.80. The van der Waals surface area contributed by atoms with Gasteiger partial charge in [0, 0.05) is 18.7 Å². The quantitative estimate of drug-likeness (QED) is 0.566. The van der Waals surface area contributed by atoms with Gasteiger partial charge in [-0.25, -0.2) is 0 Å². The second-order valence-electron chi connectivity index (χ2n) is 6.57. The Labute approximate surface area is 148 Å². The fourth-order valence-corrected chi connectivity index (χ4v) is 3.32. The van der Waals surface area contributed by atoms with E-state index >= 15 is 0 Å².